The summed E-state index contributed by atoms with van der Waals surface area (Å²) >= 11 is 1.77. The Hall–Kier alpha value is -2.01. The lowest BCUT2D eigenvalue weighted by molar-refractivity contribution is 0.995. The molecule has 1 fully saturated rings. The summed E-state index contributed by atoms with van der Waals surface area (Å²) < 4.78 is 0. The maximum Gasteiger partial charge on any atom is 0.145 e. The first kappa shape index (κ1) is 11.8. The van der Waals surface area contributed by atoms with Crippen LogP contribution in [0, 0.1) is 0 Å². The van der Waals surface area contributed by atoms with Gasteiger partial charge in [-0.3, -0.25) is 4.98 Å². The molecule has 3 aromatic rings. The van der Waals surface area contributed by atoms with Gasteiger partial charge in [-0.05, 0) is 25.0 Å². The number of hydrogen-bond acceptors (Lipinski definition) is 5. The summed E-state index contributed by atoms with van der Waals surface area (Å²) in [5.74, 6) is 1.53. The Morgan fingerprint density at radius 3 is 2.85 bits per heavy atom. The van der Waals surface area contributed by atoms with Gasteiger partial charge in [0.05, 0.1) is 34.5 Å². The molecule has 0 radical (unpaired) electrons. The highest BCUT2D eigenvalue weighted by Gasteiger charge is 2.26. The second-order valence-electron chi connectivity index (χ2n) is 5.05. The van der Waals surface area contributed by atoms with Crippen LogP contribution in [0.25, 0.3) is 11.0 Å². The number of fused-ring (bicyclic) bond motifs is 1. The molecule has 0 spiro atoms. The maximum absolute atomic E-state index is 4.66. The van der Waals surface area contributed by atoms with Crippen molar-refractivity contribution in [2.24, 2.45) is 0 Å². The molecule has 0 unspecified atom stereocenters. The molecule has 4 rings (SSSR count). The fourth-order valence-corrected chi connectivity index (χ4v) is 3.14. The highest BCUT2D eigenvalue weighted by Crippen LogP contribution is 2.41. The molecule has 0 amide bonds. The van der Waals surface area contributed by atoms with E-state index in [2.05, 4.69) is 25.6 Å². The van der Waals surface area contributed by atoms with E-state index >= 15 is 0 Å². The molecule has 1 N–H and O–H groups in total. The van der Waals surface area contributed by atoms with E-state index in [0.29, 0.717) is 6.54 Å². The van der Waals surface area contributed by atoms with Crippen molar-refractivity contribution in [3.63, 3.8) is 0 Å². The number of nitrogens with zero attached hydrogens (tertiary/aromatic N) is 3. The Labute approximate surface area is 120 Å². The second kappa shape index (κ2) is 4.83. The summed E-state index contributed by atoms with van der Waals surface area (Å²) in [6.45, 7) is 0.705. The normalized spacial score (nSPS) is 14.6. The van der Waals surface area contributed by atoms with Crippen LogP contribution >= 0.6 is 11.3 Å². The molecule has 20 heavy (non-hydrogen) atoms. The average Bonchev–Trinajstić information content (AvgIpc) is 3.24. The number of hydrogen-bond donors (Lipinski definition) is 1. The lowest BCUT2D eigenvalue weighted by Crippen LogP contribution is -2.02. The summed E-state index contributed by atoms with van der Waals surface area (Å²) in [5.41, 5.74) is 2.92. The third-order valence-electron chi connectivity index (χ3n) is 3.40. The minimum Gasteiger partial charge on any atom is -0.363 e. The van der Waals surface area contributed by atoms with Crippen molar-refractivity contribution in [1.82, 2.24) is 15.0 Å². The van der Waals surface area contributed by atoms with E-state index in [9.17, 15) is 0 Å². The molecular formula is C15H14N4S. The Bertz CT molecular complexity index is 748. The fourth-order valence-electron chi connectivity index (χ4n) is 2.15. The minimum atomic E-state index is 0.705. The van der Waals surface area contributed by atoms with Crippen LogP contribution in [0.15, 0.2) is 35.8 Å². The van der Waals surface area contributed by atoms with Crippen LogP contribution in [0.5, 0.6) is 0 Å². The quantitative estimate of drug-likeness (QED) is 0.794. The van der Waals surface area contributed by atoms with Crippen molar-refractivity contribution in [1.29, 1.82) is 0 Å². The van der Waals surface area contributed by atoms with Gasteiger partial charge in [-0.15, -0.1) is 11.3 Å². The van der Waals surface area contributed by atoms with Gasteiger partial charge in [0.2, 0.25) is 0 Å². The van der Waals surface area contributed by atoms with Gasteiger partial charge in [0.25, 0.3) is 0 Å². The van der Waals surface area contributed by atoms with Crippen molar-refractivity contribution in [2.45, 2.75) is 25.3 Å². The zero-order chi connectivity index (χ0) is 13.4. The van der Waals surface area contributed by atoms with E-state index in [1.165, 1.54) is 17.8 Å². The Morgan fingerprint density at radius 1 is 1.15 bits per heavy atom. The number of rotatable bonds is 4. The van der Waals surface area contributed by atoms with Gasteiger partial charge in [0.15, 0.2) is 0 Å². The number of aromatic nitrogens is 3. The molecule has 100 valence electrons. The van der Waals surface area contributed by atoms with Crippen molar-refractivity contribution in [3.8, 4) is 0 Å². The smallest absolute Gasteiger partial charge is 0.145 e. The van der Waals surface area contributed by atoms with Crippen LogP contribution in [0.1, 0.15) is 29.5 Å². The third kappa shape index (κ3) is 2.36. The van der Waals surface area contributed by atoms with E-state index in [4.69, 9.17) is 0 Å². The molecule has 2 heterocycles. The van der Waals surface area contributed by atoms with Crippen LogP contribution in [0.2, 0.25) is 0 Å². The maximum atomic E-state index is 4.66. The SMILES string of the molecule is c1ccc2nc(NCc3csc(C4CC4)n3)cnc2c1. The van der Waals surface area contributed by atoms with Crippen molar-refractivity contribution >= 4 is 28.2 Å². The Balaban J connectivity index is 1.48. The van der Waals surface area contributed by atoms with Crippen LogP contribution in [-0.2, 0) is 6.54 Å². The van der Waals surface area contributed by atoms with E-state index in [0.717, 1.165) is 28.5 Å². The Kier molecular flexibility index (Phi) is 2.85. The molecular weight excluding hydrogens is 268 g/mol. The van der Waals surface area contributed by atoms with Crippen LogP contribution in [-0.4, -0.2) is 15.0 Å². The lowest BCUT2D eigenvalue weighted by Gasteiger charge is -2.04. The van der Waals surface area contributed by atoms with E-state index < -0.39 is 0 Å². The molecule has 1 saturated carbocycles. The van der Waals surface area contributed by atoms with Gasteiger partial charge in [-0.25, -0.2) is 9.97 Å². The minimum absolute atomic E-state index is 0.705. The lowest BCUT2D eigenvalue weighted by atomic mass is 10.3. The number of benzene rings is 1. The highest BCUT2D eigenvalue weighted by atomic mass is 32.1. The summed E-state index contributed by atoms with van der Waals surface area (Å²) in [7, 11) is 0. The standard InChI is InChI=1S/C15H14N4S/c1-2-4-13-12(3-1)16-8-14(19-13)17-7-11-9-20-15(18-11)10-5-6-10/h1-4,8-10H,5-7H2,(H,17,19). The second-order valence-corrected chi connectivity index (χ2v) is 5.94. The zero-order valence-corrected chi connectivity index (χ0v) is 11.7. The molecule has 5 heteroatoms. The molecule has 1 aliphatic carbocycles. The fraction of sp³-hybridized carbons (Fsp3) is 0.267. The van der Waals surface area contributed by atoms with Gasteiger partial charge in [-0.2, -0.15) is 0 Å². The van der Waals surface area contributed by atoms with Gasteiger partial charge in [0.1, 0.15) is 5.82 Å². The van der Waals surface area contributed by atoms with Crippen LogP contribution in [0.4, 0.5) is 5.82 Å². The monoisotopic (exact) mass is 282 g/mol. The van der Waals surface area contributed by atoms with Crippen molar-refractivity contribution < 1.29 is 0 Å². The molecule has 0 saturated heterocycles. The number of anilines is 1. The number of thiazole rings is 1. The molecule has 0 aliphatic heterocycles. The van der Waals surface area contributed by atoms with E-state index in [1.807, 2.05) is 24.3 Å². The Morgan fingerprint density at radius 2 is 2.00 bits per heavy atom. The predicted molar refractivity (Wildman–Crippen MR) is 81.0 cm³/mol. The van der Waals surface area contributed by atoms with Gasteiger partial charge < -0.3 is 5.32 Å². The molecule has 0 atom stereocenters. The topological polar surface area (TPSA) is 50.7 Å². The third-order valence-corrected chi connectivity index (χ3v) is 4.45. The van der Waals surface area contributed by atoms with Crippen molar-refractivity contribution in [2.75, 3.05) is 5.32 Å². The summed E-state index contributed by atoms with van der Waals surface area (Å²) in [5, 5.41) is 6.71. The molecule has 0 bridgehead atoms. The highest BCUT2D eigenvalue weighted by molar-refractivity contribution is 7.09. The predicted octanol–water partition coefficient (Wildman–Crippen LogP) is 3.58. The first-order valence-corrected chi connectivity index (χ1v) is 7.66. The number of nitrogens with one attached hydrogen (secondary N) is 1. The molecule has 4 nitrogen and oxygen atoms in total. The summed E-state index contributed by atoms with van der Waals surface area (Å²) in [6.07, 6.45) is 4.38. The van der Waals surface area contributed by atoms with Gasteiger partial charge >= 0.3 is 0 Å². The number of para-hydroxylation sites is 2. The van der Waals surface area contributed by atoms with E-state index in [1.54, 1.807) is 17.5 Å². The van der Waals surface area contributed by atoms with Crippen LogP contribution < -0.4 is 5.32 Å². The first-order chi connectivity index (χ1) is 9.88. The first-order valence-electron chi connectivity index (χ1n) is 6.78. The summed E-state index contributed by atoms with van der Waals surface area (Å²) in [4.78, 5) is 13.6. The zero-order valence-electron chi connectivity index (χ0n) is 10.9. The van der Waals surface area contributed by atoms with Gasteiger partial charge in [-0.1, -0.05) is 12.1 Å². The van der Waals surface area contributed by atoms with E-state index in [-0.39, 0.29) is 0 Å². The van der Waals surface area contributed by atoms with Gasteiger partial charge in [0, 0.05) is 11.3 Å². The van der Waals surface area contributed by atoms with Crippen molar-refractivity contribution in [3.05, 3.63) is 46.5 Å². The largest absolute Gasteiger partial charge is 0.363 e. The summed E-state index contributed by atoms with van der Waals surface area (Å²) in [6, 6.07) is 7.89. The molecule has 2 aromatic heterocycles. The molecule has 1 aliphatic rings. The average molecular weight is 282 g/mol. The molecule has 1 aromatic carbocycles. The van der Waals surface area contributed by atoms with Crippen LogP contribution in [0.3, 0.4) is 0 Å².